The lowest BCUT2D eigenvalue weighted by Crippen LogP contribution is -2.06. The fourth-order valence-electron chi connectivity index (χ4n) is 1.67. The lowest BCUT2D eigenvalue weighted by molar-refractivity contribution is -0.117. The number of hydrogen-bond donors (Lipinski definition) is 0. The molecule has 0 radical (unpaired) electrons. The van der Waals surface area contributed by atoms with E-state index in [1.807, 2.05) is 0 Å². The monoisotopic (exact) mass is 263 g/mol. The molecule has 1 aromatic heterocycles. The van der Waals surface area contributed by atoms with Crippen LogP contribution in [0.1, 0.15) is 11.1 Å². The summed E-state index contributed by atoms with van der Waals surface area (Å²) in [6.45, 7) is 0. The molecule has 2 nitrogen and oxygen atoms in total. The van der Waals surface area contributed by atoms with Crippen molar-refractivity contribution in [1.29, 1.82) is 0 Å². The fraction of sp³-hybridized carbons (Fsp3) is 0.143. The summed E-state index contributed by atoms with van der Waals surface area (Å²) in [6.07, 6.45) is 3.82. The Morgan fingerprint density at radius 3 is 2.44 bits per heavy atom. The molecule has 2 aromatic rings. The zero-order valence-corrected chi connectivity index (χ0v) is 10.3. The van der Waals surface area contributed by atoms with Gasteiger partial charge in [-0.2, -0.15) is 0 Å². The van der Waals surface area contributed by atoms with Crippen molar-refractivity contribution in [3.63, 3.8) is 0 Å². The van der Waals surface area contributed by atoms with Crippen LogP contribution in [0.15, 0.2) is 42.7 Å². The average Bonchev–Trinajstić information content (AvgIpc) is 2.35. The first kappa shape index (κ1) is 12.7. The number of rotatable bonds is 4. The smallest absolute Gasteiger partial charge is 0.142 e. The number of Topliss-reactive ketones (excluding diaryl/α,β-unsaturated/α-hetero) is 1. The molecule has 92 valence electrons. The van der Waals surface area contributed by atoms with Crippen LogP contribution < -0.4 is 0 Å². The van der Waals surface area contributed by atoms with Gasteiger partial charge in [-0.05, 0) is 35.4 Å². The van der Waals surface area contributed by atoms with E-state index in [0.717, 1.165) is 5.56 Å². The molecular formula is C14H11ClFNO. The van der Waals surface area contributed by atoms with Gasteiger partial charge in [-0.3, -0.25) is 9.78 Å². The third kappa shape index (κ3) is 3.37. The van der Waals surface area contributed by atoms with Crippen molar-refractivity contribution in [3.8, 4) is 0 Å². The van der Waals surface area contributed by atoms with Gasteiger partial charge in [0, 0.05) is 25.2 Å². The van der Waals surface area contributed by atoms with Gasteiger partial charge >= 0.3 is 0 Å². The van der Waals surface area contributed by atoms with Crippen molar-refractivity contribution in [1.82, 2.24) is 4.98 Å². The summed E-state index contributed by atoms with van der Waals surface area (Å²) >= 11 is 5.58. The van der Waals surface area contributed by atoms with Gasteiger partial charge in [0.25, 0.3) is 0 Å². The molecule has 0 N–H and O–H groups in total. The van der Waals surface area contributed by atoms with Gasteiger partial charge in [0.1, 0.15) is 11.6 Å². The number of carbonyl (C=O) groups excluding carboxylic acids is 1. The summed E-state index contributed by atoms with van der Waals surface area (Å²) in [6, 6.07) is 8.01. The maximum Gasteiger partial charge on any atom is 0.142 e. The van der Waals surface area contributed by atoms with Crippen LogP contribution in [0, 0.1) is 5.82 Å². The number of carbonyl (C=O) groups is 1. The third-order valence-corrected chi connectivity index (χ3v) is 2.84. The second kappa shape index (κ2) is 5.74. The third-order valence-electron chi connectivity index (χ3n) is 2.54. The Balaban J connectivity index is 2.01. The summed E-state index contributed by atoms with van der Waals surface area (Å²) in [5, 5.41) is 0.0698. The van der Waals surface area contributed by atoms with Crippen LogP contribution in [0.25, 0.3) is 0 Å². The molecule has 18 heavy (non-hydrogen) atoms. The minimum absolute atomic E-state index is 0.0305. The normalized spacial score (nSPS) is 10.3. The predicted octanol–water partition coefficient (Wildman–Crippen LogP) is 3.23. The van der Waals surface area contributed by atoms with E-state index in [1.54, 1.807) is 30.6 Å². The van der Waals surface area contributed by atoms with E-state index in [1.165, 1.54) is 12.1 Å². The topological polar surface area (TPSA) is 30.0 Å². The Labute approximate surface area is 109 Å². The first-order valence-electron chi connectivity index (χ1n) is 5.49. The Kier molecular flexibility index (Phi) is 4.05. The van der Waals surface area contributed by atoms with Crippen molar-refractivity contribution in [2.45, 2.75) is 12.8 Å². The highest BCUT2D eigenvalue weighted by Crippen LogP contribution is 2.16. The first-order chi connectivity index (χ1) is 8.65. The zero-order valence-electron chi connectivity index (χ0n) is 9.57. The van der Waals surface area contributed by atoms with Gasteiger partial charge in [-0.15, -0.1) is 0 Å². The van der Waals surface area contributed by atoms with Gasteiger partial charge in [0.2, 0.25) is 0 Å². The van der Waals surface area contributed by atoms with E-state index < -0.39 is 5.82 Å². The molecule has 0 unspecified atom stereocenters. The van der Waals surface area contributed by atoms with E-state index in [2.05, 4.69) is 4.98 Å². The quantitative estimate of drug-likeness (QED) is 0.848. The fourth-order valence-corrected chi connectivity index (χ4v) is 1.79. The number of benzene rings is 1. The van der Waals surface area contributed by atoms with E-state index in [-0.39, 0.29) is 17.2 Å². The number of hydrogen-bond acceptors (Lipinski definition) is 2. The molecule has 1 heterocycles. The summed E-state index contributed by atoms with van der Waals surface area (Å²) in [7, 11) is 0. The molecule has 0 bridgehead atoms. The SMILES string of the molecule is O=C(Cc1ccncc1)Cc1ccc(Cl)c(F)c1. The van der Waals surface area contributed by atoms with E-state index >= 15 is 0 Å². The van der Waals surface area contributed by atoms with Gasteiger partial charge in [-0.1, -0.05) is 17.7 Å². The molecule has 4 heteroatoms. The van der Waals surface area contributed by atoms with Gasteiger partial charge < -0.3 is 0 Å². The van der Waals surface area contributed by atoms with Crippen molar-refractivity contribution in [3.05, 3.63) is 64.7 Å². The molecule has 0 saturated heterocycles. The molecule has 1 aromatic carbocycles. The van der Waals surface area contributed by atoms with Crippen molar-refractivity contribution in [2.75, 3.05) is 0 Å². The average molecular weight is 264 g/mol. The number of aromatic nitrogens is 1. The second-order valence-corrected chi connectivity index (χ2v) is 4.40. The summed E-state index contributed by atoms with van der Waals surface area (Å²) in [5.74, 6) is -0.464. The molecule has 0 saturated carbocycles. The largest absolute Gasteiger partial charge is 0.299 e. The summed E-state index contributed by atoms with van der Waals surface area (Å²) < 4.78 is 13.2. The Bertz CT molecular complexity index is 557. The van der Waals surface area contributed by atoms with E-state index in [4.69, 9.17) is 11.6 Å². The molecule has 0 atom stereocenters. The molecule has 0 aliphatic heterocycles. The zero-order chi connectivity index (χ0) is 13.0. The van der Waals surface area contributed by atoms with Crippen LogP contribution >= 0.6 is 11.6 Å². The van der Waals surface area contributed by atoms with Gasteiger partial charge in [0.05, 0.1) is 5.02 Å². The van der Waals surface area contributed by atoms with Crippen LogP contribution in [-0.4, -0.2) is 10.8 Å². The lowest BCUT2D eigenvalue weighted by Gasteiger charge is -2.03. The highest BCUT2D eigenvalue weighted by atomic mass is 35.5. The lowest BCUT2D eigenvalue weighted by atomic mass is 10.0. The van der Waals surface area contributed by atoms with Crippen LogP contribution in [0.2, 0.25) is 5.02 Å². The maximum atomic E-state index is 13.2. The number of halogens is 2. The second-order valence-electron chi connectivity index (χ2n) is 4.00. The van der Waals surface area contributed by atoms with Crippen LogP contribution in [-0.2, 0) is 17.6 Å². The standard InChI is InChI=1S/C14H11ClFNO/c15-13-2-1-11(9-14(13)16)8-12(18)7-10-3-5-17-6-4-10/h1-6,9H,7-8H2. The van der Waals surface area contributed by atoms with Gasteiger partial charge in [-0.25, -0.2) is 4.39 Å². The molecule has 0 fully saturated rings. The minimum atomic E-state index is -0.495. The van der Waals surface area contributed by atoms with E-state index in [0.29, 0.717) is 12.0 Å². The Hall–Kier alpha value is -1.74. The number of ketones is 1. The van der Waals surface area contributed by atoms with Gasteiger partial charge in [0.15, 0.2) is 0 Å². The minimum Gasteiger partial charge on any atom is -0.299 e. The predicted molar refractivity (Wildman–Crippen MR) is 68.1 cm³/mol. The van der Waals surface area contributed by atoms with Crippen molar-refractivity contribution < 1.29 is 9.18 Å². The first-order valence-corrected chi connectivity index (χ1v) is 5.87. The summed E-state index contributed by atoms with van der Waals surface area (Å²) in [5.41, 5.74) is 1.54. The summed E-state index contributed by atoms with van der Waals surface area (Å²) in [4.78, 5) is 15.7. The molecule has 0 spiro atoms. The highest BCUT2D eigenvalue weighted by molar-refractivity contribution is 6.30. The van der Waals surface area contributed by atoms with Crippen LogP contribution in [0.4, 0.5) is 4.39 Å². The molecule has 0 aliphatic carbocycles. The van der Waals surface area contributed by atoms with Crippen molar-refractivity contribution in [2.24, 2.45) is 0 Å². The molecular weight excluding hydrogens is 253 g/mol. The van der Waals surface area contributed by atoms with Crippen LogP contribution in [0.5, 0.6) is 0 Å². The number of pyridine rings is 1. The van der Waals surface area contributed by atoms with E-state index in [9.17, 15) is 9.18 Å². The number of nitrogens with zero attached hydrogens (tertiary/aromatic N) is 1. The Morgan fingerprint density at radius 2 is 1.78 bits per heavy atom. The van der Waals surface area contributed by atoms with Crippen LogP contribution in [0.3, 0.4) is 0 Å². The highest BCUT2D eigenvalue weighted by Gasteiger charge is 2.07. The Morgan fingerprint density at radius 1 is 1.11 bits per heavy atom. The molecule has 2 rings (SSSR count). The molecule has 0 aliphatic rings. The van der Waals surface area contributed by atoms with Crippen molar-refractivity contribution >= 4 is 17.4 Å². The maximum absolute atomic E-state index is 13.2. The molecule has 0 amide bonds.